The topological polar surface area (TPSA) is 127 Å². The van der Waals surface area contributed by atoms with Crippen molar-refractivity contribution in [2.45, 2.75) is 69.9 Å². The molecule has 3 amide bonds. The molecule has 3 aliphatic rings. The first kappa shape index (κ1) is 26.4. The van der Waals surface area contributed by atoms with Gasteiger partial charge in [-0.15, -0.1) is 0 Å². The Morgan fingerprint density at radius 3 is 2.76 bits per heavy atom. The van der Waals surface area contributed by atoms with Crippen LogP contribution in [-0.4, -0.2) is 59.9 Å². The van der Waals surface area contributed by atoms with E-state index in [9.17, 15) is 19.6 Å². The fraction of sp³-hybridized carbons (Fsp3) is 0.571. The van der Waals surface area contributed by atoms with E-state index in [1.54, 1.807) is 30.2 Å². The number of nitrogens with one attached hydrogen (secondary N) is 3. The summed E-state index contributed by atoms with van der Waals surface area (Å²) in [6.45, 7) is 1.14. The van der Waals surface area contributed by atoms with Gasteiger partial charge in [0.2, 0.25) is 11.8 Å². The zero-order valence-corrected chi connectivity index (χ0v) is 22.4. The predicted molar refractivity (Wildman–Crippen MR) is 143 cm³/mol. The number of aromatic nitrogens is 1. The predicted octanol–water partition coefficient (Wildman–Crippen LogP) is 3.92. The van der Waals surface area contributed by atoms with E-state index in [2.05, 4.69) is 21.7 Å². The van der Waals surface area contributed by atoms with Gasteiger partial charge in [-0.3, -0.25) is 14.4 Å². The second kappa shape index (κ2) is 10.9. The molecular formula is C28H34ClN5O4. The molecule has 38 heavy (non-hydrogen) atoms. The van der Waals surface area contributed by atoms with E-state index in [0.717, 1.165) is 43.9 Å². The van der Waals surface area contributed by atoms with Gasteiger partial charge in [-0.25, -0.2) is 0 Å². The van der Waals surface area contributed by atoms with Crippen molar-refractivity contribution in [3.05, 3.63) is 28.9 Å². The lowest BCUT2D eigenvalue weighted by atomic mass is 9.72. The Balaban J connectivity index is 1.39. The van der Waals surface area contributed by atoms with Crippen molar-refractivity contribution >= 4 is 40.2 Å². The Kier molecular flexibility index (Phi) is 7.53. The molecule has 0 radical (unpaired) electrons. The van der Waals surface area contributed by atoms with E-state index in [0.29, 0.717) is 47.9 Å². The van der Waals surface area contributed by atoms with Gasteiger partial charge in [0.05, 0.1) is 18.7 Å². The number of ether oxygens (including phenoxy) is 1. The third-order valence-electron chi connectivity index (χ3n) is 8.49. The Morgan fingerprint density at radius 2 is 2.05 bits per heavy atom. The van der Waals surface area contributed by atoms with E-state index in [-0.39, 0.29) is 35.5 Å². The molecule has 9 nitrogen and oxygen atoms in total. The molecule has 202 valence electrons. The Labute approximate surface area is 227 Å². The minimum Gasteiger partial charge on any atom is -0.496 e. The van der Waals surface area contributed by atoms with Gasteiger partial charge in [0.1, 0.15) is 23.5 Å². The number of rotatable bonds is 6. The minimum atomic E-state index is -0.796. The number of likely N-dealkylation sites (tertiary alicyclic amines) is 1. The number of hydrogen-bond acceptors (Lipinski definition) is 5. The molecular weight excluding hydrogens is 506 g/mol. The van der Waals surface area contributed by atoms with E-state index in [4.69, 9.17) is 16.3 Å². The molecule has 1 aliphatic carbocycles. The zero-order chi connectivity index (χ0) is 26.9. The maximum absolute atomic E-state index is 13.9. The van der Waals surface area contributed by atoms with E-state index in [1.807, 2.05) is 0 Å². The third kappa shape index (κ3) is 5.19. The number of halogens is 1. The third-order valence-corrected chi connectivity index (χ3v) is 8.71. The SMILES string of the molecule is COc1cc(Cl)cc2[nH]c(C(=O)N3CC4(CCCCC4)CC3C(=O)NC(C#N)CC3CCCNC3=O)cc12. The lowest BCUT2D eigenvalue weighted by Crippen LogP contribution is -2.49. The molecule has 10 heteroatoms. The van der Waals surface area contributed by atoms with Gasteiger partial charge < -0.3 is 25.3 Å². The molecule has 2 aromatic rings. The largest absolute Gasteiger partial charge is 0.496 e. The molecule has 3 heterocycles. The monoisotopic (exact) mass is 539 g/mol. The zero-order valence-electron chi connectivity index (χ0n) is 21.6. The van der Waals surface area contributed by atoms with Crippen LogP contribution in [0, 0.1) is 22.7 Å². The summed E-state index contributed by atoms with van der Waals surface area (Å²) < 4.78 is 5.45. The lowest BCUT2D eigenvalue weighted by Gasteiger charge is -2.32. The van der Waals surface area contributed by atoms with Crippen LogP contribution in [0.25, 0.3) is 10.9 Å². The van der Waals surface area contributed by atoms with Crippen LogP contribution in [0.2, 0.25) is 5.02 Å². The highest BCUT2D eigenvalue weighted by Gasteiger charge is 2.49. The van der Waals surface area contributed by atoms with Crippen LogP contribution < -0.4 is 15.4 Å². The lowest BCUT2D eigenvalue weighted by molar-refractivity contribution is -0.128. The summed E-state index contributed by atoms with van der Waals surface area (Å²) in [6, 6.07) is 5.86. The van der Waals surface area contributed by atoms with E-state index in [1.165, 1.54) is 0 Å². The number of nitrogens with zero attached hydrogens (tertiary/aromatic N) is 2. The summed E-state index contributed by atoms with van der Waals surface area (Å²) >= 11 is 6.22. The number of nitriles is 1. The van der Waals surface area contributed by atoms with Crippen molar-refractivity contribution in [3.63, 3.8) is 0 Å². The first-order chi connectivity index (χ1) is 18.3. The number of hydrogen-bond donors (Lipinski definition) is 3. The van der Waals surface area contributed by atoms with Crippen LogP contribution in [0.3, 0.4) is 0 Å². The number of amides is 3. The molecule has 1 aromatic carbocycles. The summed E-state index contributed by atoms with van der Waals surface area (Å²) in [5.74, 6) is -0.403. The van der Waals surface area contributed by atoms with Gasteiger partial charge in [-0.2, -0.15) is 5.26 Å². The fourth-order valence-electron chi connectivity index (χ4n) is 6.53. The average molecular weight is 540 g/mol. The Morgan fingerprint density at radius 1 is 1.26 bits per heavy atom. The minimum absolute atomic E-state index is 0.0704. The van der Waals surface area contributed by atoms with Crippen LogP contribution in [0.15, 0.2) is 18.2 Å². The smallest absolute Gasteiger partial charge is 0.271 e. The molecule has 2 aliphatic heterocycles. The highest BCUT2D eigenvalue weighted by molar-refractivity contribution is 6.31. The van der Waals surface area contributed by atoms with Crippen LogP contribution >= 0.6 is 11.6 Å². The molecule has 3 unspecified atom stereocenters. The van der Waals surface area contributed by atoms with Gasteiger partial charge in [-0.05, 0) is 62.1 Å². The molecule has 1 saturated carbocycles. The number of benzene rings is 1. The second-order valence-corrected chi connectivity index (χ2v) is 11.5. The number of methoxy groups -OCH3 is 1. The van der Waals surface area contributed by atoms with Crippen molar-refractivity contribution in [1.82, 2.24) is 20.5 Å². The van der Waals surface area contributed by atoms with Crippen LogP contribution in [0.1, 0.15) is 68.3 Å². The van der Waals surface area contributed by atoms with Crippen molar-refractivity contribution in [3.8, 4) is 11.8 Å². The van der Waals surface area contributed by atoms with Crippen LogP contribution in [0.5, 0.6) is 5.75 Å². The number of H-pyrrole nitrogens is 1. The highest BCUT2D eigenvalue weighted by atomic mass is 35.5. The van der Waals surface area contributed by atoms with Gasteiger partial charge in [0.25, 0.3) is 5.91 Å². The molecule has 3 atom stereocenters. The van der Waals surface area contributed by atoms with Crippen LogP contribution in [0.4, 0.5) is 0 Å². The number of carbonyl (C=O) groups is 3. The second-order valence-electron chi connectivity index (χ2n) is 11.0. The number of aromatic amines is 1. The average Bonchev–Trinajstić information content (AvgIpc) is 3.51. The maximum Gasteiger partial charge on any atom is 0.271 e. The van der Waals surface area contributed by atoms with Gasteiger partial charge >= 0.3 is 0 Å². The number of fused-ring (bicyclic) bond motifs is 1. The first-order valence-electron chi connectivity index (χ1n) is 13.5. The molecule has 1 aromatic heterocycles. The quantitative estimate of drug-likeness (QED) is 0.512. The van der Waals surface area contributed by atoms with E-state index >= 15 is 0 Å². The van der Waals surface area contributed by atoms with Crippen molar-refractivity contribution in [2.24, 2.45) is 11.3 Å². The molecule has 0 bridgehead atoms. The standard InChI is InChI=1S/C28H34ClN5O4/c1-38-24-12-18(29)11-21-20(24)13-22(33-21)27(37)34-16-28(7-3-2-4-8-28)14-23(34)26(36)32-19(15-30)10-17-6-5-9-31-25(17)35/h11-13,17,19,23,33H,2-10,14,16H2,1H3,(H,31,35)(H,32,36). The summed E-state index contributed by atoms with van der Waals surface area (Å²) in [4.78, 5) is 44.6. The number of carbonyl (C=O) groups excluding carboxylic acids is 3. The molecule has 1 spiro atoms. The number of piperidine rings is 1. The van der Waals surface area contributed by atoms with E-state index < -0.39 is 12.1 Å². The fourth-order valence-corrected chi connectivity index (χ4v) is 6.74. The maximum atomic E-state index is 13.9. The normalized spacial score (nSPS) is 23.6. The Hall–Kier alpha value is -3.25. The molecule has 3 N–H and O–H groups in total. The molecule has 5 rings (SSSR count). The van der Waals surface area contributed by atoms with Gasteiger partial charge in [-0.1, -0.05) is 30.9 Å². The first-order valence-corrected chi connectivity index (χ1v) is 13.9. The van der Waals surface area contributed by atoms with Crippen LogP contribution in [-0.2, 0) is 9.59 Å². The van der Waals surface area contributed by atoms with Gasteiger partial charge in [0.15, 0.2) is 0 Å². The summed E-state index contributed by atoms with van der Waals surface area (Å²) in [6.07, 6.45) is 7.66. The van der Waals surface area contributed by atoms with Gasteiger partial charge in [0, 0.05) is 29.4 Å². The van der Waals surface area contributed by atoms with Crippen molar-refractivity contribution in [1.29, 1.82) is 5.26 Å². The summed E-state index contributed by atoms with van der Waals surface area (Å²) in [5, 5.41) is 16.7. The molecule has 3 fully saturated rings. The highest BCUT2D eigenvalue weighted by Crippen LogP contribution is 2.47. The van der Waals surface area contributed by atoms with Crippen molar-refractivity contribution < 1.29 is 19.1 Å². The van der Waals surface area contributed by atoms with Crippen molar-refractivity contribution in [2.75, 3.05) is 20.2 Å². The molecule has 2 saturated heterocycles. The Bertz CT molecular complexity index is 1280. The summed E-state index contributed by atoms with van der Waals surface area (Å²) in [5.41, 5.74) is 0.941. The summed E-state index contributed by atoms with van der Waals surface area (Å²) in [7, 11) is 1.55.